The minimum atomic E-state index is -3.27. The third kappa shape index (κ3) is 3.73. The summed E-state index contributed by atoms with van der Waals surface area (Å²) in [6.45, 7) is 2.91. The van der Waals surface area contributed by atoms with Crippen LogP contribution in [0.1, 0.15) is 13.8 Å². The number of amides is 1. The summed E-state index contributed by atoms with van der Waals surface area (Å²) < 4.78 is 21.2. The fourth-order valence-corrected chi connectivity index (χ4v) is 0.577. The van der Waals surface area contributed by atoms with E-state index < -0.39 is 20.7 Å². The SMILES string of the molecule is CNC(=O)O/N=C\C(C)(C)S(C)(=O)=O. The van der Waals surface area contributed by atoms with Gasteiger partial charge in [0.1, 0.15) is 4.75 Å². The highest BCUT2D eigenvalue weighted by Crippen LogP contribution is 2.11. The Morgan fingerprint density at radius 2 is 2.00 bits per heavy atom. The molecule has 1 amide bonds. The van der Waals surface area contributed by atoms with Gasteiger partial charge in [-0.25, -0.2) is 13.2 Å². The lowest BCUT2D eigenvalue weighted by Crippen LogP contribution is -2.32. The van der Waals surface area contributed by atoms with E-state index in [1.165, 1.54) is 20.9 Å². The highest BCUT2D eigenvalue weighted by atomic mass is 32.2. The molecule has 0 saturated heterocycles. The van der Waals surface area contributed by atoms with Crippen molar-refractivity contribution in [3.63, 3.8) is 0 Å². The van der Waals surface area contributed by atoms with E-state index in [2.05, 4.69) is 15.3 Å². The molecule has 82 valence electrons. The average Bonchev–Trinajstić information content (AvgIpc) is 2.01. The van der Waals surface area contributed by atoms with Gasteiger partial charge in [-0.3, -0.25) is 4.84 Å². The van der Waals surface area contributed by atoms with Gasteiger partial charge < -0.3 is 5.32 Å². The molecular formula is C7H14N2O4S. The lowest BCUT2D eigenvalue weighted by Gasteiger charge is -2.15. The number of nitrogens with one attached hydrogen (secondary N) is 1. The molecule has 0 aromatic carbocycles. The predicted molar refractivity (Wildman–Crippen MR) is 53.0 cm³/mol. The fraction of sp³-hybridized carbons (Fsp3) is 0.714. The van der Waals surface area contributed by atoms with Crippen LogP contribution in [0, 0.1) is 0 Å². The van der Waals surface area contributed by atoms with Gasteiger partial charge in [0.2, 0.25) is 0 Å². The number of oxime groups is 1. The Morgan fingerprint density at radius 1 is 1.50 bits per heavy atom. The summed E-state index contributed by atoms with van der Waals surface area (Å²) in [5, 5.41) is 5.43. The van der Waals surface area contributed by atoms with Crippen molar-refractivity contribution >= 4 is 22.1 Å². The minimum Gasteiger partial charge on any atom is -0.323 e. The maximum absolute atomic E-state index is 11.2. The molecule has 6 nitrogen and oxygen atoms in total. The van der Waals surface area contributed by atoms with Crippen LogP contribution in [0.5, 0.6) is 0 Å². The zero-order chi connectivity index (χ0) is 11.4. The molecule has 7 heteroatoms. The molecule has 14 heavy (non-hydrogen) atoms. The lowest BCUT2D eigenvalue weighted by molar-refractivity contribution is 0.153. The maximum Gasteiger partial charge on any atom is 0.433 e. The van der Waals surface area contributed by atoms with Gasteiger partial charge in [0.05, 0.1) is 6.21 Å². The standard InChI is InChI=1S/C7H14N2O4S/c1-7(2,14(4,11)12)5-9-13-6(10)8-3/h5H,1-4H3,(H,8,10)/b9-5-. The molecule has 0 spiro atoms. The summed E-state index contributed by atoms with van der Waals surface area (Å²) in [4.78, 5) is 14.8. The molecule has 0 unspecified atom stereocenters. The first kappa shape index (κ1) is 12.9. The summed E-state index contributed by atoms with van der Waals surface area (Å²) in [6.07, 6.45) is 1.40. The summed E-state index contributed by atoms with van der Waals surface area (Å²) in [5.41, 5.74) is 0. The van der Waals surface area contributed by atoms with Gasteiger partial charge in [0, 0.05) is 13.3 Å². The number of nitrogens with zero attached hydrogens (tertiary/aromatic N) is 1. The van der Waals surface area contributed by atoms with Crippen molar-refractivity contribution in [2.24, 2.45) is 5.16 Å². The van der Waals surface area contributed by atoms with Gasteiger partial charge in [-0.2, -0.15) is 0 Å². The lowest BCUT2D eigenvalue weighted by atomic mass is 10.2. The van der Waals surface area contributed by atoms with Crippen LogP contribution in [0.2, 0.25) is 0 Å². The molecule has 0 heterocycles. The van der Waals surface area contributed by atoms with Crippen molar-refractivity contribution in [1.29, 1.82) is 0 Å². The van der Waals surface area contributed by atoms with Crippen molar-refractivity contribution in [2.75, 3.05) is 13.3 Å². The largest absolute Gasteiger partial charge is 0.433 e. The van der Waals surface area contributed by atoms with Crippen LogP contribution in [0.3, 0.4) is 0 Å². The predicted octanol–water partition coefficient (Wildman–Crippen LogP) is 0.151. The molecule has 0 aromatic rings. The molecule has 0 saturated carbocycles. The first-order chi connectivity index (χ1) is 6.20. The van der Waals surface area contributed by atoms with Crippen LogP contribution < -0.4 is 5.32 Å². The fourth-order valence-electron chi connectivity index (χ4n) is 0.343. The Labute approximate surface area is 83.2 Å². The second-order valence-corrected chi connectivity index (χ2v) is 5.84. The first-order valence-electron chi connectivity index (χ1n) is 3.83. The Kier molecular flexibility index (Phi) is 4.06. The van der Waals surface area contributed by atoms with Gasteiger partial charge in [-0.1, -0.05) is 5.16 Å². The van der Waals surface area contributed by atoms with Crippen molar-refractivity contribution in [2.45, 2.75) is 18.6 Å². The molecule has 0 radical (unpaired) electrons. The van der Waals surface area contributed by atoms with Crippen LogP contribution in [-0.2, 0) is 14.7 Å². The number of hydrogen-bond donors (Lipinski definition) is 1. The number of hydrogen-bond acceptors (Lipinski definition) is 5. The maximum atomic E-state index is 11.2. The Balaban J connectivity index is 4.46. The summed E-state index contributed by atoms with van der Waals surface area (Å²) in [7, 11) is -1.89. The van der Waals surface area contributed by atoms with Crippen LogP contribution in [0.4, 0.5) is 4.79 Å². The third-order valence-corrected chi connectivity index (χ3v) is 3.68. The topological polar surface area (TPSA) is 84.8 Å². The highest BCUT2D eigenvalue weighted by Gasteiger charge is 2.28. The van der Waals surface area contributed by atoms with E-state index in [1.54, 1.807) is 0 Å². The molecule has 0 rings (SSSR count). The first-order valence-corrected chi connectivity index (χ1v) is 5.72. The number of carbonyl (C=O) groups excluding carboxylic acids is 1. The van der Waals surface area contributed by atoms with Crippen molar-refractivity contribution in [1.82, 2.24) is 5.32 Å². The van der Waals surface area contributed by atoms with E-state index in [0.29, 0.717) is 0 Å². The van der Waals surface area contributed by atoms with Gasteiger partial charge in [0.15, 0.2) is 9.84 Å². The molecule has 0 bridgehead atoms. The summed E-state index contributed by atoms with van der Waals surface area (Å²) in [5.74, 6) is 0. The van der Waals surface area contributed by atoms with Crippen LogP contribution in [0.25, 0.3) is 0 Å². The van der Waals surface area contributed by atoms with Gasteiger partial charge >= 0.3 is 6.09 Å². The summed E-state index contributed by atoms with van der Waals surface area (Å²) >= 11 is 0. The van der Waals surface area contributed by atoms with E-state index in [1.807, 2.05) is 0 Å². The van der Waals surface area contributed by atoms with Crippen LogP contribution >= 0.6 is 0 Å². The van der Waals surface area contributed by atoms with Crippen LogP contribution in [0.15, 0.2) is 5.16 Å². The molecular weight excluding hydrogens is 208 g/mol. The highest BCUT2D eigenvalue weighted by molar-refractivity contribution is 7.92. The minimum absolute atomic E-state index is 0.745. The molecule has 0 aliphatic heterocycles. The smallest absolute Gasteiger partial charge is 0.323 e. The normalized spacial score (nSPS) is 12.9. The van der Waals surface area contributed by atoms with Gasteiger partial charge in [-0.05, 0) is 13.8 Å². The quantitative estimate of drug-likeness (QED) is 0.418. The number of sulfone groups is 1. The molecule has 0 fully saturated rings. The van der Waals surface area contributed by atoms with E-state index in [-0.39, 0.29) is 0 Å². The van der Waals surface area contributed by atoms with Crippen molar-refractivity contribution in [3.8, 4) is 0 Å². The monoisotopic (exact) mass is 222 g/mol. The van der Waals surface area contributed by atoms with E-state index in [9.17, 15) is 13.2 Å². The molecule has 0 aromatic heterocycles. The second kappa shape index (κ2) is 4.41. The molecule has 0 aliphatic rings. The molecule has 0 atom stereocenters. The molecule has 1 N–H and O–H groups in total. The van der Waals surface area contributed by atoms with Gasteiger partial charge in [-0.15, -0.1) is 0 Å². The average molecular weight is 222 g/mol. The van der Waals surface area contributed by atoms with Crippen molar-refractivity contribution < 1.29 is 18.0 Å². The van der Waals surface area contributed by atoms with E-state index in [4.69, 9.17) is 0 Å². The zero-order valence-electron chi connectivity index (χ0n) is 8.57. The van der Waals surface area contributed by atoms with E-state index >= 15 is 0 Å². The number of carbonyl (C=O) groups is 1. The number of rotatable bonds is 3. The summed E-state index contributed by atoms with van der Waals surface area (Å²) in [6, 6.07) is 0. The Morgan fingerprint density at radius 3 is 2.36 bits per heavy atom. The third-order valence-electron chi connectivity index (χ3n) is 1.66. The zero-order valence-corrected chi connectivity index (χ0v) is 9.38. The van der Waals surface area contributed by atoms with Gasteiger partial charge in [0.25, 0.3) is 0 Å². The van der Waals surface area contributed by atoms with E-state index in [0.717, 1.165) is 12.5 Å². The van der Waals surface area contributed by atoms with Crippen molar-refractivity contribution in [3.05, 3.63) is 0 Å². The Bertz CT molecular complexity index is 332. The second-order valence-electron chi connectivity index (χ2n) is 3.24. The molecule has 0 aliphatic carbocycles. The van der Waals surface area contributed by atoms with Crippen LogP contribution in [-0.4, -0.2) is 38.8 Å². The Hall–Kier alpha value is -1.11.